The lowest BCUT2D eigenvalue weighted by molar-refractivity contribution is -0.439. The van der Waals surface area contributed by atoms with Crippen LogP contribution in [0.3, 0.4) is 0 Å². The minimum absolute atomic E-state index is 0. The number of nitrogens with zero attached hydrogens (tertiary/aromatic N) is 1. The molecule has 0 bridgehead atoms. The molecular formula is C15H21Br2N. The van der Waals surface area contributed by atoms with Gasteiger partial charge < -0.3 is 17.0 Å². The molecule has 0 fully saturated rings. The second-order valence-corrected chi connectivity index (χ2v) is 6.29. The predicted octanol–water partition coefficient (Wildman–Crippen LogP) is 1.65. The largest absolute Gasteiger partial charge is 1.00 e. The molecule has 0 saturated carbocycles. The number of rotatable bonds is 3. The Hall–Kier alpha value is -0.150. The molecule has 1 aromatic rings. The van der Waals surface area contributed by atoms with Crippen LogP contribution >= 0.6 is 15.9 Å². The van der Waals surface area contributed by atoms with Gasteiger partial charge in [-0.2, -0.15) is 4.58 Å². The fraction of sp³-hybridized carbons (Fsp3) is 0.533. The third-order valence-electron chi connectivity index (χ3n) is 3.97. The van der Waals surface area contributed by atoms with Crippen LogP contribution in [-0.4, -0.2) is 16.8 Å². The summed E-state index contributed by atoms with van der Waals surface area (Å²) in [7, 11) is 0. The summed E-state index contributed by atoms with van der Waals surface area (Å²) in [6, 6.07) is 6.66. The molecule has 0 unspecified atom stereocenters. The first-order valence-electron chi connectivity index (χ1n) is 6.40. The molecule has 1 aliphatic heterocycles. The van der Waals surface area contributed by atoms with Crippen LogP contribution in [0.1, 0.15) is 46.1 Å². The topological polar surface area (TPSA) is 3.01 Å². The fourth-order valence-electron chi connectivity index (χ4n) is 2.56. The van der Waals surface area contributed by atoms with Crippen LogP contribution in [0.15, 0.2) is 22.7 Å². The minimum Gasteiger partial charge on any atom is -1.00 e. The third kappa shape index (κ3) is 2.57. The molecule has 2 rings (SSSR count). The average Bonchev–Trinajstić information content (AvgIpc) is 2.47. The highest BCUT2D eigenvalue weighted by molar-refractivity contribution is 9.10. The molecule has 0 atom stereocenters. The normalized spacial score (nSPS) is 16.5. The van der Waals surface area contributed by atoms with E-state index < -0.39 is 0 Å². The molecule has 0 aliphatic carbocycles. The van der Waals surface area contributed by atoms with Crippen LogP contribution in [-0.2, 0) is 5.41 Å². The molecule has 18 heavy (non-hydrogen) atoms. The molecule has 1 nitrogen and oxygen atoms in total. The van der Waals surface area contributed by atoms with Crippen molar-refractivity contribution in [2.75, 3.05) is 6.54 Å². The van der Waals surface area contributed by atoms with Crippen molar-refractivity contribution in [3.05, 3.63) is 28.2 Å². The van der Waals surface area contributed by atoms with E-state index in [1.165, 1.54) is 34.3 Å². The first-order chi connectivity index (χ1) is 7.98. The molecule has 3 heteroatoms. The molecule has 0 amide bonds. The zero-order chi connectivity index (χ0) is 12.6. The summed E-state index contributed by atoms with van der Waals surface area (Å²) in [6.45, 7) is 10.3. The lowest BCUT2D eigenvalue weighted by Crippen LogP contribution is -3.00. The average molecular weight is 375 g/mol. The number of halogens is 2. The first-order valence-corrected chi connectivity index (χ1v) is 7.19. The second kappa shape index (κ2) is 5.87. The summed E-state index contributed by atoms with van der Waals surface area (Å²) in [4.78, 5) is 0. The van der Waals surface area contributed by atoms with E-state index in [1.807, 2.05) is 0 Å². The monoisotopic (exact) mass is 373 g/mol. The van der Waals surface area contributed by atoms with E-state index in [2.05, 4.69) is 66.4 Å². The molecule has 100 valence electrons. The summed E-state index contributed by atoms with van der Waals surface area (Å²) < 4.78 is 3.67. The predicted molar refractivity (Wildman–Crippen MR) is 77.5 cm³/mol. The summed E-state index contributed by atoms with van der Waals surface area (Å²) in [6.07, 6.45) is 2.50. The maximum absolute atomic E-state index is 3.58. The number of fused-ring (bicyclic) bond motifs is 1. The Morgan fingerprint density at radius 2 is 1.94 bits per heavy atom. The summed E-state index contributed by atoms with van der Waals surface area (Å²) in [5.41, 5.74) is 4.47. The van der Waals surface area contributed by atoms with E-state index in [4.69, 9.17) is 0 Å². The van der Waals surface area contributed by atoms with Gasteiger partial charge in [0.1, 0.15) is 6.54 Å². The van der Waals surface area contributed by atoms with E-state index in [0.29, 0.717) is 0 Å². The van der Waals surface area contributed by atoms with Crippen LogP contribution in [0, 0.1) is 0 Å². The van der Waals surface area contributed by atoms with Gasteiger partial charge in [-0.3, -0.25) is 0 Å². The number of benzene rings is 1. The Labute approximate surface area is 129 Å². The molecule has 0 spiro atoms. The second-order valence-electron chi connectivity index (χ2n) is 5.38. The van der Waals surface area contributed by atoms with Gasteiger partial charge >= 0.3 is 0 Å². The minimum atomic E-state index is 0. The SMILES string of the molecule is CCCC[N+]1=C(C)C(C)(C)c2cc(Br)ccc21.[Br-]. The summed E-state index contributed by atoms with van der Waals surface area (Å²) in [5, 5.41) is 0. The van der Waals surface area contributed by atoms with Gasteiger partial charge in [-0.05, 0) is 26.0 Å². The highest BCUT2D eigenvalue weighted by Gasteiger charge is 2.42. The van der Waals surface area contributed by atoms with Gasteiger partial charge in [-0.15, -0.1) is 0 Å². The Morgan fingerprint density at radius 1 is 1.28 bits per heavy atom. The number of hydrogen-bond donors (Lipinski definition) is 0. The van der Waals surface area contributed by atoms with Crippen molar-refractivity contribution in [1.82, 2.24) is 0 Å². The van der Waals surface area contributed by atoms with Crippen LogP contribution in [0.25, 0.3) is 0 Å². The Bertz CT molecular complexity index is 475. The van der Waals surface area contributed by atoms with Crippen LogP contribution in [0.2, 0.25) is 0 Å². The van der Waals surface area contributed by atoms with Gasteiger partial charge in [-0.1, -0.05) is 29.3 Å². The maximum atomic E-state index is 3.58. The Balaban J connectivity index is 0.00000162. The third-order valence-corrected chi connectivity index (χ3v) is 4.46. The van der Waals surface area contributed by atoms with E-state index in [9.17, 15) is 0 Å². The Kier molecular flexibility index (Phi) is 5.19. The van der Waals surface area contributed by atoms with E-state index >= 15 is 0 Å². The molecule has 1 aromatic carbocycles. The number of unbranched alkanes of at least 4 members (excludes halogenated alkanes) is 1. The van der Waals surface area contributed by atoms with Crippen LogP contribution in [0.5, 0.6) is 0 Å². The Morgan fingerprint density at radius 3 is 2.56 bits per heavy atom. The molecule has 1 aliphatic rings. The zero-order valence-corrected chi connectivity index (χ0v) is 14.7. The molecule has 0 N–H and O–H groups in total. The van der Waals surface area contributed by atoms with Gasteiger partial charge in [-0.25, -0.2) is 0 Å². The van der Waals surface area contributed by atoms with Crippen molar-refractivity contribution in [1.29, 1.82) is 0 Å². The van der Waals surface area contributed by atoms with E-state index in [1.54, 1.807) is 0 Å². The molecule has 1 heterocycles. The van der Waals surface area contributed by atoms with Crippen LogP contribution < -0.4 is 17.0 Å². The van der Waals surface area contributed by atoms with Gasteiger partial charge in [0.25, 0.3) is 0 Å². The van der Waals surface area contributed by atoms with Gasteiger partial charge in [0.15, 0.2) is 5.71 Å². The number of hydrogen-bond acceptors (Lipinski definition) is 0. The van der Waals surface area contributed by atoms with Crippen molar-refractivity contribution in [3.63, 3.8) is 0 Å². The summed E-state index contributed by atoms with van der Waals surface area (Å²) >= 11 is 3.58. The molecule has 0 radical (unpaired) electrons. The van der Waals surface area contributed by atoms with Crippen molar-refractivity contribution in [2.45, 2.75) is 46.0 Å². The molecule has 0 saturated heterocycles. The lowest BCUT2D eigenvalue weighted by Gasteiger charge is -2.14. The van der Waals surface area contributed by atoms with Gasteiger partial charge in [0.05, 0.1) is 5.41 Å². The van der Waals surface area contributed by atoms with Crippen molar-refractivity contribution in [3.8, 4) is 0 Å². The van der Waals surface area contributed by atoms with Crippen LogP contribution in [0.4, 0.5) is 5.69 Å². The van der Waals surface area contributed by atoms with Crippen molar-refractivity contribution in [2.24, 2.45) is 0 Å². The first kappa shape index (κ1) is 15.9. The fourth-order valence-corrected chi connectivity index (χ4v) is 2.92. The highest BCUT2D eigenvalue weighted by atomic mass is 79.9. The van der Waals surface area contributed by atoms with Crippen molar-refractivity contribution >= 4 is 27.3 Å². The van der Waals surface area contributed by atoms with Crippen molar-refractivity contribution < 1.29 is 21.6 Å². The van der Waals surface area contributed by atoms with E-state index in [-0.39, 0.29) is 22.4 Å². The smallest absolute Gasteiger partial charge is 0.209 e. The molecule has 0 aromatic heterocycles. The quantitative estimate of drug-likeness (QED) is 0.707. The van der Waals surface area contributed by atoms with E-state index in [0.717, 1.165) is 6.54 Å². The maximum Gasteiger partial charge on any atom is 0.209 e. The highest BCUT2D eigenvalue weighted by Crippen LogP contribution is 2.40. The standard InChI is InChI=1S/C15H21BrN.BrH/c1-5-6-9-17-11(2)15(3,4)13-10-12(16)7-8-14(13)17;/h7-8,10H,5-6,9H2,1-4H3;1H/q+1;/p-1. The lowest BCUT2D eigenvalue weighted by atomic mass is 9.82. The van der Waals surface area contributed by atoms with Gasteiger partial charge in [0, 0.05) is 29.4 Å². The van der Waals surface area contributed by atoms with Gasteiger partial charge in [0.2, 0.25) is 5.69 Å². The zero-order valence-electron chi connectivity index (χ0n) is 11.6. The molecular weight excluding hydrogens is 354 g/mol. The summed E-state index contributed by atoms with van der Waals surface area (Å²) in [5.74, 6) is 0.